The van der Waals surface area contributed by atoms with Crippen molar-refractivity contribution in [3.05, 3.63) is 29.3 Å². The van der Waals surface area contributed by atoms with E-state index < -0.39 is 0 Å². The minimum Gasteiger partial charge on any atom is -0.371 e. The van der Waals surface area contributed by atoms with Crippen molar-refractivity contribution in [1.29, 1.82) is 0 Å². The molecule has 0 amide bonds. The van der Waals surface area contributed by atoms with Gasteiger partial charge in [0.2, 0.25) is 0 Å². The molecule has 1 fully saturated rings. The maximum Gasteiger partial charge on any atom is 0.0414 e. The SMILES string of the molecule is Cc1ccc(CN)c(N2CCCCCCC2)c1. The first-order valence-electron chi connectivity index (χ1n) is 6.86. The standard InChI is InChI=1S/C15H24N2/c1-13-7-8-14(12-16)15(11-13)17-9-5-3-2-4-6-10-17/h7-8,11H,2-6,9-10,12,16H2,1H3. The van der Waals surface area contributed by atoms with Crippen molar-refractivity contribution in [3.63, 3.8) is 0 Å². The average molecular weight is 232 g/mol. The molecule has 2 heteroatoms. The summed E-state index contributed by atoms with van der Waals surface area (Å²) in [6.07, 6.45) is 6.79. The summed E-state index contributed by atoms with van der Waals surface area (Å²) in [5, 5.41) is 0. The van der Waals surface area contributed by atoms with Crippen molar-refractivity contribution >= 4 is 5.69 Å². The predicted octanol–water partition coefficient (Wildman–Crippen LogP) is 3.22. The summed E-state index contributed by atoms with van der Waals surface area (Å²) in [5.74, 6) is 0. The molecular weight excluding hydrogens is 208 g/mol. The van der Waals surface area contributed by atoms with Crippen LogP contribution in [0.15, 0.2) is 18.2 Å². The topological polar surface area (TPSA) is 29.3 Å². The van der Waals surface area contributed by atoms with Gasteiger partial charge in [0.1, 0.15) is 0 Å². The van der Waals surface area contributed by atoms with Crippen LogP contribution < -0.4 is 10.6 Å². The molecule has 0 saturated carbocycles. The summed E-state index contributed by atoms with van der Waals surface area (Å²) < 4.78 is 0. The Bertz CT molecular complexity index is 352. The molecule has 1 aliphatic rings. The maximum absolute atomic E-state index is 5.85. The fourth-order valence-electron chi connectivity index (χ4n) is 2.63. The number of nitrogens with zero attached hydrogens (tertiary/aromatic N) is 1. The average Bonchev–Trinajstić information content (AvgIpc) is 2.28. The Morgan fingerprint density at radius 2 is 1.71 bits per heavy atom. The fraction of sp³-hybridized carbons (Fsp3) is 0.600. The normalized spacial score (nSPS) is 17.6. The zero-order chi connectivity index (χ0) is 12.1. The Morgan fingerprint density at radius 3 is 2.35 bits per heavy atom. The molecule has 1 heterocycles. The Kier molecular flexibility index (Phi) is 4.43. The highest BCUT2D eigenvalue weighted by Crippen LogP contribution is 2.24. The maximum atomic E-state index is 5.85. The van der Waals surface area contributed by atoms with Gasteiger partial charge >= 0.3 is 0 Å². The second kappa shape index (κ2) is 6.06. The predicted molar refractivity (Wildman–Crippen MR) is 74.4 cm³/mol. The quantitative estimate of drug-likeness (QED) is 0.848. The second-order valence-electron chi connectivity index (χ2n) is 5.09. The van der Waals surface area contributed by atoms with Gasteiger partial charge in [0.05, 0.1) is 0 Å². The van der Waals surface area contributed by atoms with Crippen LogP contribution in [0, 0.1) is 6.92 Å². The third-order valence-corrected chi connectivity index (χ3v) is 3.66. The van der Waals surface area contributed by atoms with Crippen LogP contribution in [0.1, 0.15) is 43.2 Å². The van der Waals surface area contributed by atoms with E-state index in [1.165, 1.54) is 62.0 Å². The van der Waals surface area contributed by atoms with E-state index in [1.54, 1.807) is 0 Å². The van der Waals surface area contributed by atoms with E-state index in [0.717, 1.165) is 0 Å². The molecule has 0 spiro atoms. The molecule has 1 aliphatic heterocycles. The fourth-order valence-corrected chi connectivity index (χ4v) is 2.63. The van der Waals surface area contributed by atoms with Crippen LogP contribution in [0.2, 0.25) is 0 Å². The molecule has 2 N–H and O–H groups in total. The first kappa shape index (κ1) is 12.4. The molecule has 17 heavy (non-hydrogen) atoms. The van der Waals surface area contributed by atoms with Gasteiger partial charge in [-0.2, -0.15) is 0 Å². The van der Waals surface area contributed by atoms with Crippen molar-refractivity contribution in [2.24, 2.45) is 5.73 Å². The van der Waals surface area contributed by atoms with Crippen LogP contribution in [0.25, 0.3) is 0 Å². The van der Waals surface area contributed by atoms with Crippen molar-refractivity contribution in [2.75, 3.05) is 18.0 Å². The van der Waals surface area contributed by atoms with E-state index in [9.17, 15) is 0 Å². The molecule has 1 saturated heterocycles. The third-order valence-electron chi connectivity index (χ3n) is 3.66. The highest BCUT2D eigenvalue weighted by Gasteiger charge is 2.12. The third kappa shape index (κ3) is 3.22. The van der Waals surface area contributed by atoms with Gasteiger partial charge in [-0.1, -0.05) is 31.4 Å². The van der Waals surface area contributed by atoms with Gasteiger partial charge in [-0.05, 0) is 37.0 Å². The number of benzene rings is 1. The lowest BCUT2D eigenvalue weighted by Crippen LogP contribution is -2.28. The molecule has 0 bridgehead atoms. The van der Waals surface area contributed by atoms with Crippen molar-refractivity contribution in [1.82, 2.24) is 0 Å². The van der Waals surface area contributed by atoms with Crippen LogP contribution in [-0.4, -0.2) is 13.1 Å². The molecule has 0 unspecified atom stereocenters. The molecule has 2 rings (SSSR count). The minimum absolute atomic E-state index is 0.645. The smallest absolute Gasteiger partial charge is 0.0414 e. The van der Waals surface area contributed by atoms with Gasteiger partial charge in [-0.15, -0.1) is 0 Å². The first-order chi connectivity index (χ1) is 8.31. The van der Waals surface area contributed by atoms with Crippen LogP contribution in [0.3, 0.4) is 0 Å². The van der Waals surface area contributed by atoms with Gasteiger partial charge in [0, 0.05) is 25.3 Å². The van der Waals surface area contributed by atoms with Gasteiger partial charge in [0.15, 0.2) is 0 Å². The largest absolute Gasteiger partial charge is 0.371 e. The highest BCUT2D eigenvalue weighted by molar-refractivity contribution is 5.55. The van der Waals surface area contributed by atoms with Crippen molar-refractivity contribution < 1.29 is 0 Å². The summed E-state index contributed by atoms with van der Waals surface area (Å²) >= 11 is 0. The van der Waals surface area contributed by atoms with Crippen molar-refractivity contribution in [2.45, 2.75) is 45.6 Å². The Morgan fingerprint density at radius 1 is 1.06 bits per heavy atom. The number of nitrogens with two attached hydrogens (primary N) is 1. The van der Waals surface area contributed by atoms with E-state index in [4.69, 9.17) is 5.73 Å². The highest BCUT2D eigenvalue weighted by atomic mass is 15.1. The number of hydrogen-bond acceptors (Lipinski definition) is 2. The van der Waals surface area contributed by atoms with Crippen molar-refractivity contribution in [3.8, 4) is 0 Å². The second-order valence-corrected chi connectivity index (χ2v) is 5.09. The molecule has 0 aromatic heterocycles. The summed E-state index contributed by atoms with van der Waals surface area (Å²) in [6, 6.07) is 6.64. The molecule has 0 atom stereocenters. The minimum atomic E-state index is 0.645. The summed E-state index contributed by atoms with van der Waals surface area (Å²) in [6.45, 7) is 5.19. The van der Waals surface area contributed by atoms with Gasteiger partial charge < -0.3 is 10.6 Å². The monoisotopic (exact) mass is 232 g/mol. The van der Waals surface area contributed by atoms with Crippen LogP contribution in [0.5, 0.6) is 0 Å². The van der Waals surface area contributed by atoms with E-state index in [1.807, 2.05) is 0 Å². The number of aryl methyl sites for hydroxylation is 1. The summed E-state index contributed by atoms with van der Waals surface area (Å²) in [7, 11) is 0. The molecular formula is C15H24N2. The molecule has 1 aromatic carbocycles. The molecule has 1 aromatic rings. The lowest BCUT2D eigenvalue weighted by molar-refractivity contribution is 0.555. The van der Waals surface area contributed by atoms with Gasteiger partial charge in [-0.25, -0.2) is 0 Å². The van der Waals surface area contributed by atoms with Crippen LogP contribution in [-0.2, 0) is 6.54 Å². The first-order valence-corrected chi connectivity index (χ1v) is 6.86. The zero-order valence-corrected chi connectivity index (χ0v) is 10.9. The summed E-state index contributed by atoms with van der Waals surface area (Å²) in [5.41, 5.74) is 9.84. The van der Waals surface area contributed by atoms with Gasteiger partial charge in [-0.3, -0.25) is 0 Å². The Labute approximate surface area is 105 Å². The number of anilines is 1. The zero-order valence-electron chi connectivity index (χ0n) is 10.9. The lowest BCUT2D eigenvalue weighted by Gasteiger charge is -2.29. The number of hydrogen-bond donors (Lipinski definition) is 1. The Balaban J connectivity index is 2.20. The summed E-state index contributed by atoms with van der Waals surface area (Å²) in [4.78, 5) is 2.54. The van der Waals surface area contributed by atoms with Crippen LogP contribution >= 0.6 is 0 Å². The van der Waals surface area contributed by atoms with Gasteiger partial charge in [0.25, 0.3) is 0 Å². The Hall–Kier alpha value is -1.02. The van der Waals surface area contributed by atoms with Crippen LogP contribution in [0.4, 0.5) is 5.69 Å². The number of rotatable bonds is 2. The van der Waals surface area contributed by atoms with E-state index >= 15 is 0 Å². The molecule has 0 aliphatic carbocycles. The van der Waals surface area contributed by atoms with E-state index in [0.29, 0.717) is 6.54 Å². The molecule has 0 radical (unpaired) electrons. The van der Waals surface area contributed by atoms with E-state index in [-0.39, 0.29) is 0 Å². The lowest BCUT2D eigenvalue weighted by atomic mass is 10.0. The molecule has 2 nitrogen and oxygen atoms in total. The molecule has 94 valence electrons. The van der Waals surface area contributed by atoms with E-state index in [2.05, 4.69) is 30.0 Å².